The Hall–Kier alpha value is -2.22. The molecule has 26 heavy (non-hydrogen) atoms. The van der Waals surface area contributed by atoms with Gasteiger partial charge in [-0.25, -0.2) is 4.98 Å². The van der Waals surface area contributed by atoms with E-state index in [1.807, 2.05) is 47.3 Å². The highest BCUT2D eigenvalue weighted by molar-refractivity contribution is 7.07. The fraction of sp³-hybridized carbons (Fsp3) is 0.368. The van der Waals surface area contributed by atoms with Gasteiger partial charge in [0.25, 0.3) is 5.91 Å². The second kappa shape index (κ2) is 7.57. The minimum absolute atomic E-state index is 0.0796. The Bertz CT molecular complexity index is 891. The first-order chi connectivity index (χ1) is 12.7. The van der Waals surface area contributed by atoms with Crippen LogP contribution in [0, 0.1) is 0 Å². The third kappa shape index (κ3) is 3.51. The lowest BCUT2D eigenvalue weighted by atomic mass is 10.1. The Morgan fingerprint density at radius 3 is 3.15 bits per heavy atom. The molecule has 136 valence electrons. The lowest BCUT2D eigenvalue weighted by Gasteiger charge is -2.32. The van der Waals surface area contributed by atoms with Crippen LogP contribution in [0.5, 0.6) is 0 Å². The highest BCUT2D eigenvalue weighted by Crippen LogP contribution is 2.20. The fourth-order valence-corrected chi connectivity index (χ4v) is 3.85. The molecule has 3 heterocycles. The van der Waals surface area contributed by atoms with Crippen LogP contribution < -0.4 is 5.32 Å². The van der Waals surface area contributed by atoms with E-state index in [0.717, 1.165) is 23.0 Å². The Balaban J connectivity index is 1.46. The van der Waals surface area contributed by atoms with E-state index in [1.54, 1.807) is 16.8 Å². The standard InChI is InChI=1S/C19H21N3O3S/c1-22-16-5-3-2-4-13(16)8-17(22)19(23)21-15-10-24-7-6-18(15)25-9-14-11-26-12-20-14/h2-5,8,11-12,15,18H,6-7,9-10H2,1H3,(H,21,23)/t15-,18+/m1/s1. The van der Waals surface area contributed by atoms with Crippen LogP contribution in [0.15, 0.2) is 41.2 Å². The maximum Gasteiger partial charge on any atom is 0.268 e. The van der Waals surface area contributed by atoms with Gasteiger partial charge in [-0.3, -0.25) is 4.79 Å². The first-order valence-electron chi connectivity index (χ1n) is 8.64. The van der Waals surface area contributed by atoms with Crippen LogP contribution in [-0.2, 0) is 23.1 Å². The van der Waals surface area contributed by atoms with Crippen LogP contribution >= 0.6 is 11.3 Å². The number of amides is 1. The molecule has 0 unspecified atom stereocenters. The summed E-state index contributed by atoms with van der Waals surface area (Å²) in [5, 5.41) is 6.12. The number of benzene rings is 1. The summed E-state index contributed by atoms with van der Waals surface area (Å²) in [5.41, 5.74) is 4.38. The zero-order valence-corrected chi connectivity index (χ0v) is 15.4. The SMILES string of the molecule is Cn1c(C(=O)N[C@@H]2COCC[C@@H]2OCc2cscn2)cc2ccccc21. The van der Waals surface area contributed by atoms with Crippen molar-refractivity contribution >= 4 is 28.1 Å². The molecular weight excluding hydrogens is 350 g/mol. The summed E-state index contributed by atoms with van der Waals surface area (Å²) >= 11 is 1.55. The second-order valence-electron chi connectivity index (χ2n) is 6.42. The van der Waals surface area contributed by atoms with Crippen molar-refractivity contribution in [3.8, 4) is 0 Å². The number of thiazole rings is 1. The third-order valence-corrected chi connectivity index (χ3v) is 5.36. The molecule has 1 amide bonds. The fourth-order valence-electron chi connectivity index (χ4n) is 3.30. The van der Waals surface area contributed by atoms with E-state index in [2.05, 4.69) is 10.3 Å². The lowest BCUT2D eigenvalue weighted by Crippen LogP contribution is -2.50. The largest absolute Gasteiger partial charge is 0.379 e. The highest BCUT2D eigenvalue weighted by atomic mass is 32.1. The molecule has 1 fully saturated rings. The van der Waals surface area contributed by atoms with Gasteiger partial charge in [-0.1, -0.05) is 18.2 Å². The van der Waals surface area contributed by atoms with Crippen molar-refractivity contribution in [2.75, 3.05) is 13.2 Å². The van der Waals surface area contributed by atoms with Crippen molar-refractivity contribution < 1.29 is 14.3 Å². The third-order valence-electron chi connectivity index (χ3n) is 4.72. The predicted molar refractivity (Wildman–Crippen MR) is 100 cm³/mol. The van der Waals surface area contributed by atoms with Crippen LogP contribution in [0.1, 0.15) is 22.6 Å². The van der Waals surface area contributed by atoms with Crippen molar-refractivity contribution in [1.29, 1.82) is 0 Å². The molecule has 3 aromatic rings. The molecule has 1 aliphatic rings. The number of rotatable bonds is 5. The number of hydrogen-bond donors (Lipinski definition) is 1. The molecule has 0 spiro atoms. The van der Waals surface area contributed by atoms with Crippen LogP contribution in [-0.4, -0.2) is 40.8 Å². The summed E-state index contributed by atoms with van der Waals surface area (Å²) in [5.74, 6) is -0.110. The maximum atomic E-state index is 12.8. The molecule has 1 N–H and O–H groups in total. The van der Waals surface area contributed by atoms with Gasteiger partial charge in [-0.2, -0.15) is 0 Å². The van der Waals surface area contributed by atoms with Crippen molar-refractivity contribution in [3.63, 3.8) is 0 Å². The van der Waals surface area contributed by atoms with Gasteiger partial charge in [0.1, 0.15) is 5.69 Å². The molecule has 1 saturated heterocycles. The van der Waals surface area contributed by atoms with Crippen molar-refractivity contribution in [1.82, 2.24) is 14.9 Å². The Morgan fingerprint density at radius 1 is 1.46 bits per heavy atom. The number of carbonyl (C=O) groups is 1. The molecule has 6 nitrogen and oxygen atoms in total. The van der Waals surface area contributed by atoms with Gasteiger partial charge in [0.15, 0.2) is 0 Å². The van der Waals surface area contributed by atoms with Gasteiger partial charge >= 0.3 is 0 Å². The summed E-state index contributed by atoms with van der Waals surface area (Å²) in [4.78, 5) is 17.1. The van der Waals surface area contributed by atoms with Crippen LogP contribution in [0.25, 0.3) is 10.9 Å². The summed E-state index contributed by atoms with van der Waals surface area (Å²) in [6.07, 6.45) is 0.675. The zero-order valence-electron chi connectivity index (χ0n) is 14.6. The van der Waals surface area contributed by atoms with Gasteiger partial charge in [0.2, 0.25) is 0 Å². The van der Waals surface area contributed by atoms with Crippen LogP contribution in [0.3, 0.4) is 0 Å². The number of nitrogens with zero attached hydrogens (tertiary/aromatic N) is 2. The van der Waals surface area contributed by atoms with Crippen LogP contribution in [0.4, 0.5) is 0 Å². The summed E-state index contributed by atoms with van der Waals surface area (Å²) < 4.78 is 13.5. The van der Waals surface area contributed by atoms with Gasteiger partial charge in [-0.15, -0.1) is 11.3 Å². The van der Waals surface area contributed by atoms with E-state index in [-0.39, 0.29) is 18.1 Å². The average molecular weight is 371 g/mol. The molecule has 4 rings (SSSR count). The molecule has 1 aromatic carbocycles. The topological polar surface area (TPSA) is 65.4 Å². The van der Waals surface area contributed by atoms with E-state index in [9.17, 15) is 4.79 Å². The first-order valence-corrected chi connectivity index (χ1v) is 9.58. The summed E-state index contributed by atoms with van der Waals surface area (Å²) in [7, 11) is 1.91. The quantitative estimate of drug-likeness (QED) is 0.749. The van der Waals surface area contributed by atoms with Crippen molar-refractivity contribution in [2.24, 2.45) is 7.05 Å². The minimum atomic E-state index is -0.173. The normalized spacial score (nSPS) is 20.3. The first kappa shape index (κ1) is 17.2. The van der Waals surface area contributed by atoms with Gasteiger partial charge in [0, 0.05) is 29.9 Å². The molecule has 7 heteroatoms. The van der Waals surface area contributed by atoms with Crippen molar-refractivity contribution in [3.05, 3.63) is 52.6 Å². The van der Waals surface area contributed by atoms with Crippen LogP contribution in [0.2, 0.25) is 0 Å². The molecule has 0 bridgehead atoms. The lowest BCUT2D eigenvalue weighted by molar-refractivity contribution is -0.0612. The number of fused-ring (bicyclic) bond motifs is 1. The Morgan fingerprint density at radius 2 is 2.35 bits per heavy atom. The monoisotopic (exact) mass is 371 g/mol. The molecule has 0 aliphatic carbocycles. The van der Waals surface area contributed by atoms with E-state index >= 15 is 0 Å². The van der Waals surface area contributed by atoms with E-state index in [1.165, 1.54) is 0 Å². The summed E-state index contributed by atoms with van der Waals surface area (Å²) in [6, 6.07) is 9.71. The molecule has 2 aromatic heterocycles. The number of ether oxygens (including phenoxy) is 2. The van der Waals surface area contributed by atoms with E-state index in [0.29, 0.717) is 25.5 Å². The smallest absolute Gasteiger partial charge is 0.268 e. The minimum Gasteiger partial charge on any atom is -0.379 e. The molecule has 0 radical (unpaired) electrons. The molecule has 0 saturated carbocycles. The second-order valence-corrected chi connectivity index (χ2v) is 7.14. The maximum absolute atomic E-state index is 12.8. The number of hydrogen-bond acceptors (Lipinski definition) is 5. The van der Waals surface area contributed by atoms with Gasteiger partial charge in [-0.05, 0) is 18.6 Å². The number of aromatic nitrogens is 2. The van der Waals surface area contributed by atoms with E-state index in [4.69, 9.17) is 9.47 Å². The highest BCUT2D eigenvalue weighted by Gasteiger charge is 2.29. The van der Waals surface area contributed by atoms with Crippen molar-refractivity contribution in [2.45, 2.75) is 25.2 Å². The average Bonchev–Trinajstić information content (AvgIpc) is 3.29. The Kier molecular flexibility index (Phi) is 5.01. The van der Waals surface area contributed by atoms with Gasteiger partial charge in [0.05, 0.1) is 36.6 Å². The zero-order chi connectivity index (χ0) is 17.9. The summed E-state index contributed by atoms with van der Waals surface area (Å²) in [6.45, 7) is 1.55. The number of carbonyl (C=O) groups excluding carboxylic acids is 1. The van der Waals surface area contributed by atoms with E-state index < -0.39 is 0 Å². The number of nitrogens with one attached hydrogen (secondary N) is 1. The number of aryl methyl sites for hydroxylation is 1. The Labute approximate surface area is 155 Å². The van der Waals surface area contributed by atoms with Gasteiger partial charge < -0.3 is 19.4 Å². The molecule has 1 aliphatic heterocycles. The molecule has 2 atom stereocenters. The molecular formula is C19H21N3O3S. The number of para-hydroxylation sites is 1. The predicted octanol–water partition coefficient (Wildman–Crippen LogP) is 2.74.